The fourth-order valence-corrected chi connectivity index (χ4v) is 8.04. The largest absolute Gasteiger partial charge is 0.308 e. The summed E-state index contributed by atoms with van der Waals surface area (Å²) in [7, 11) is 0. The molecular weight excluding hydrogens is 629 g/mol. The molecule has 10 rings (SSSR count). The van der Waals surface area contributed by atoms with E-state index in [9.17, 15) is 2.74 Å². The number of aromatic nitrogens is 4. The van der Waals surface area contributed by atoms with Crippen LogP contribution in [0.25, 0.3) is 93.0 Å². The number of para-hydroxylation sites is 3. The first-order valence-corrected chi connectivity index (χ1v) is 17.0. The summed E-state index contributed by atoms with van der Waals surface area (Å²) in [6.07, 6.45) is 0. The number of hydrogen-bond donors (Lipinski definition) is 0. The molecule has 0 aliphatic heterocycles. The van der Waals surface area contributed by atoms with Gasteiger partial charge in [-0.2, -0.15) is 0 Å². The van der Waals surface area contributed by atoms with Gasteiger partial charge in [-0.15, -0.1) is 11.3 Å². The Hall–Kier alpha value is -6.43. The molecule has 4 nitrogen and oxygen atoms in total. The van der Waals surface area contributed by atoms with Crippen molar-refractivity contribution < 1.29 is 8.22 Å². The highest BCUT2D eigenvalue weighted by Crippen LogP contribution is 2.45. The second kappa shape index (κ2) is 11.6. The summed E-state index contributed by atoms with van der Waals surface area (Å²) < 4.78 is 58.1. The number of nitrogens with zero attached hydrogens (tertiary/aromatic N) is 4. The minimum Gasteiger partial charge on any atom is -0.308 e. The van der Waals surface area contributed by atoms with Crippen LogP contribution in [0.2, 0.25) is 0 Å². The molecule has 0 amide bonds. The van der Waals surface area contributed by atoms with Crippen LogP contribution in [-0.2, 0) is 0 Å². The molecule has 0 saturated heterocycles. The molecule has 0 saturated carbocycles. The van der Waals surface area contributed by atoms with E-state index in [0.29, 0.717) is 28.7 Å². The fourth-order valence-electron chi connectivity index (χ4n) is 6.81. The highest BCUT2D eigenvalue weighted by molar-refractivity contribution is 7.26. The van der Waals surface area contributed by atoms with Crippen molar-refractivity contribution in [2.45, 2.75) is 0 Å². The lowest BCUT2D eigenvalue weighted by Crippen LogP contribution is -2.05. The molecule has 0 fully saturated rings. The van der Waals surface area contributed by atoms with Crippen LogP contribution in [0.5, 0.6) is 0 Å². The van der Waals surface area contributed by atoms with Crippen LogP contribution >= 0.6 is 11.3 Å². The molecule has 234 valence electrons. The second-order valence-corrected chi connectivity index (χ2v) is 13.0. The predicted molar refractivity (Wildman–Crippen MR) is 209 cm³/mol. The normalized spacial score (nSPS) is 13.3. The Morgan fingerprint density at radius 3 is 1.66 bits per heavy atom. The standard InChI is InChI=1S/C45H28N4S/c1-3-15-29(16-4-1)43-46-44(30-17-5-2-6-18-30)48-45(47-43)37-25-13-22-34(36-24-14-23-35-33-21-9-12-28-40(33)50-42(35)36)41(37)49-38-26-10-7-19-31(38)32-20-8-11-27-39(32)49/h1-28H/i7D,8D,19D,20D,26D,27D. The lowest BCUT2D eigenvalue weighted by Gasteiger charge is -2.19. The zero-order valence-corrected chi connectivity index (χ0v) is 27.2. The van der Waals surface area contributed by atoms with Crippen molar-refractivity contribution in [3.63, 3.8) is 0 Å². The van der Waals surface area contributed by atoms with Crippen molar-refractivity contribution in [1.82, 2.24) is 19.5 Å². The average molecular weight is 663 g/mol. The van der Waals surface area contributed by atoms with E-state index in [2.05, 4.69) is 24.3 Å². The Labute approximate surface area is 301 Å². The zero-order valence-electron chi connectivity index (χ0n) is 32.4. The van der Waals surface area contributed by atoms with Gasteiger partial charge in [0, 0.05) is 58.8 Å². The molecule has 5 heteroatoms. The predicted octanol–water partition coefficient (Wildman–Crippen LogP) is 12.0. The Kier molecular flexibility index (Phi) is 5.35. The van der Waals surface area contributed by atoms with Gasteiger partial charge in [0.15, 0.2) is 17.5 Å². The average Bonchev–Trinajstić information content (AvgIpc) is 3.80. The van der Waals surface area contributed by atoms with E-state index in [0.717, 1.165) is 42.4 Å². The molecule has 10 aromatic rings. The van der Waals surface area contributed by atoms with Gasteiger partial charge >= 0.3 is 0 Å². The Bertz CT molecular complexity index is 3090. The topological polar surface area (TPSA) is 43.6 Å². The van der Waals surface area contributed by atoms with Crippen LogP contribution in [0.3, 0.4) is 0 Å². The Morgan fingerprint density at radius 1 is 0.440 bits per heavy atom. The summed E-state index contributed by atoms with van der Waals surface area (Å²) in [6.45, 7) is 0. The van der Waals surface area contributed by atoms with Gasteiger partial charge in [0.05, 0.1) is 24.9 Å². The lowest BCUT2D eigenvalue weighted by atomic mass is 9.97. The highest BCUT2D eigenvalue weighted by Gasteiger charge is 2.23. The maximum Gasteiger partial charge on any atom is 0.166 e. The molecule has 3 aromatic heterocycles. The molecule has 0 spiro atoms. The minimum absolute atomic E-state index is 0.0473. The van der Waals surface area contributed by atoms with Crippen molar-refractivity contribution in [2.24, 2.45) is 0 Å². The van der Waals surface area contributed by atoms with Gasteiger partial charge in [0.1, 0.15) is 0 Å². The maximum atomic E-state index is 9.33. The SMILES string of the molecule is [2H]c1cc([2H])c2c(c1[2H])c1c([2H])c([2H])cc([2H])c1n2-c1c(-c2nc(-c3ccccc3)nc(-c3ccccc3)n2)cccc1-c1cccc2c1sc1ccccc12. The van der Waals surface area contributed by atoms with Gasteiger partial charge in [0.2, 0.25) is 0 Å². The monoisotopic (exact) mass is 662 g/mol. The smallest absolute Gasteiger partial charge is 0.166 e. The third-order valence-corrected chi connectivity index (χ3v) is 10.2. The first-order chi connectivity index (χ1) is 27.3. The minimum atomic E-state index is -0.179. The number of hydrogen-bond acceptors (Lipinski definition) is 4. The van der Waals surface area contributed by atoms with Gasteiger partial charge in [-0.25, -0.2) is 15.0 Å². The molecule has 0 radical (unpaired) electrons. The van der Waals surface area contributed by atoms with E-state index in [1.54, 1.807) is 15.9 Å². The van der Waals surface area contributed by atoms with Crippen molar-refractivity contribution in [3.8, 4) is 51.0 Å². The number of rotatable bonds is 5. The van der Waals surface area contributed by atoms with Crippen LogP contribution < -0.4 is 0 Å². The third kappa shape index (κ3) is 4.55. The molecule has 0 N–H and O–H groups in total. The summed E-state index contributed by atoms with van der Waals surface area (Å²) in [6, 6.07) is 41.6. The van der Waals surface area contributed by atoms with Gasteiger partial charge in [0.25, 0.3) is 0 Å². The van der Waals surface area contributed by atoms with E-state index in [1.165, 1.54) is 12.1 Å². The highest BCUT2D eigenvalue weighted by atomic mass is 32.1. The maximum absolute atomic E-state index is 9.33. The van der Waals surface area contributed by atoms with E-state index < -0.39 is 0 Å². The van der Waals surface area contributed by atoms with Crippen LogP contribution in [0, 0.1) is 0 Å². The quantitative estimate of drug-likeness (QED) is 0.184. The van der Waals surface area contributed by atoms with Gasteiger partial charge < -0.3 is 4.57 Å². The van der Waals surface area contributed by atoms with Crippen LogP contribution in [0.1, 0.15) is 8.22 Å². The van der Waals surface area contributed by atoms with E-state index in [-0.39, 0.29) is 58.1 Å². The van der Waals surface area contributed by atoms with Gasteiger partial charge in [-0.1, -0.05) is 145 Å². The zero-order chi connectivity index (χ0) is 38.2. The van der Waals surface area contributed by atoms with E-state index in [4.69, 9.17) is 20.4 Å². The lowest BCUT2D eigenvalue weighted by molar-refractivity contribution is 1.06. The Morgan fingerprint density at radius 2 is 0.980 bits per heavy atom. The first-order valence-electron chi connectivity index (χ1n) is 19.2. The summed E-state index contributed by atoms with van der Waals surface area (Å²) in [5.74, 6) is 1.26. The molecule has 7 aromatic carbocycles. The van der Waals surface area contributed by atoms with Gasteiger partial charge in [-0.05, 0) is 24.2 Å². The molecule has 0 bridgehead atoms. The number of thiophene rings is 1. The molecule has 0 unspecified atom stereocenters. The summed E-state index contributed by atoms with van der Waals surface area (Å²) in [5.41, 5.74) is 4.87. The molecule has 0 aliphatic rings. The molecule has 0 aliphatic carbocycles. The summed E-state index contributed by atoms with van der Waals surface area (Å²) >= 11 is 1.68. The Balaban J connectivity index is 1.41. The van der Waals surface area contributed by atoms with Crippen LogP contribution in [0.15, 0.2) is 170 Å². The first kappa shape index (κ1) is 23.0. The van der Waals surface area contributed by atoms with Gasteiger partial charge in [-0.3, -0.25) is 0 Å². The third-order valence-electron chi connectivity index (χ3n) is 9.02. The van der Waals surface area contributed by atoms with E-state index in [1.807, 2.05) is 97.1 Å². The number of benzene rings is 7. The van der Waals surface area contributed by atoms with Crippen LogP contribution in [0.4, 0.5) is 0 Å². The molecule has 3 heterocycles. The van der Waals surface area contributed by atoms with Crippen LogP contribution in [-0.4, -0.2) is 19.5 Å². The van der Waals surface area contributed by atoms with Crippen molar-refractivity contribution in [3.05, 3.63) is 170 Å². The number of fused-ring (bicyclic) bond motifs is 6. The molecule has 0 atom stereocenters. The summed E-state index contributed by atoms with van der Waals surface area (Å²) in [4.78, 5) is 15.1. The van der Waals surface area contributed by atoms with Crippen molar-refractivity contribution in [1.29, 1.82) is 0 Å². The van der Waals surface area contributed by atoms with Crippen molar-refractivity contribution >= 4 is 53.3 Å². The second-order valence-electron chi connectivity index (χ2n) is 11.9. The van der Waals surface area contributed by atoms with Crippen molar-refractivity contribution in [2.75, 3.05) is 0 Å². The summed E-state index contributed by atoms with van der Waals surface area (Å²) in [5, 5.41) is 2.57. The molecular formula is C45H28N4S. The fraction of sp³-hybridized carbons (Fsp3) is 0. The molecule has 50 heavy (non-hydrogen) atoms. The van der Waals surface area contributed by atoms with E-state index >= 15 is 0 Å².